The average Bonchev–Trinajstić information content (AvgIpc) is 3.31. The van der Waals surface area contributed by atoms with Crippen LogP contribution >= 0.6 is 11.8 Å². The topological polar surface area (TPSA) is 73.0 Å². The van der Waals surface area contributed by atoms with Gasteiger partial charge in [0.1, 0.15) is 17.2 Å². The number of para-hydroxylation sites is 1. The number of hydrogen-bond donors (Lipinski definition) is 1. The second kappa shape index (κ2) is 8.53. The number of benzene rings is 2. The van der Waals surface area contributed by atoms with E-state index in [1.807, 2.05) is 66.9 Å². The molecule has 0 bridgehead atoms. The van der Waals surface area contributed by atoms with E-state index in [0.29, 0.717) is 6.54 Å². The Balaban J connectivity index is 1.37. The van der Waals surface area contributed by atoms with E-state index in [9.17, 15) is 4.79 Å². The third-order valence-corrected chi connectivity index (χ3v) is 5.63. The number of carbonyl (C=O) groups is 1. The third kappa shape index (κ3) is 4.51. The summed E-state index contributed by atoms with van der Waals surface area (Å²) in [6.45, 7) is 4.52. The van der Waals surface area contributed by atoms with Crippen LogP contribution < -0.4 is 5.32 Å². The summed E-state index contributed by atoms with van der Waals surface area (Å²) in [7, 11) is 0. The fourth-order valence-electron chi connectivity index (χ4n) is 3.12. The van der Waals surface area contributed by atoms with E-state index in [0.717, 1.165) is 27.7 Å². The number of carbonyl (C=O) groups excluding carboxylic acids is 1. The smallest absolute Gasteiger partial charge is 0.231 e. The van der Waals surface area contributed by atoms with Crippen LogP contribution in [0.25, 0.3) is 11.0 Å². The lowest BCUT2D eigenvalue weighted by Crippen LogP contribution is -2.28. The van der Waals surface area contributed by atoms with Crippen molar-refractivity contribution in [2.45, 2.75) is 31.6 Å². The van der Waals surface area contributed by atoms with Gasteiger partial charge in [-0.15, -0.1) is 10.2 Å². The molecule has 2 heterocycles. The normalized spacial score (nSPS) is 12.2. The summed E-state index contributed by atoms with van der Waals surface area (Å²) < 4.78 is 7.86. The van der Waals surface area contributed by atoms with Gasteiger partial charge in [0, 0.05) is 5.39 Å². The molecule has 0 saturated heterocycles. The molecular formula is C22H22N4O2S. The molecule has 7 heteroatoms. The summed E-state index contributed by atoms with van der Waals surface area (Å²) in [5, 5.41) is 13.2. The van der Waals surface area contributed by atoms with Gasteiger partial charge in [-0.1, -0.05) is 60.3 Å². The van der Waals surface area contributed by atoms with E-state index < -0.39 is 0 Å². The number of thioether (sulfide) groups is 1. The van der Waals surface area contributed by atoms with Crippen LogP contribution in [0.4, 0.5) is 0 Å². The summed E-state index contributed by atoms with van der Waals surface area (Å²) in [6, 6.07) is 19.7. The zero-order valence-electron chi connectivity index (χ0n) is 16.3. The first kappa shape index (κ1) is 19.3. The maximum atomic E-state index is 12.5. The zero-order valence-corrected chi connectivity index (χ0v) is 17.1. The number of furan rings is 1. The Morgan fingerprint density at radius 2 is 1.90 bits per heavy atom. The van der Waals surface area contributed by atoms with Crippen LogP contribution in [-0.4, -0.2) is 26.4 Å². The Bertz CT molecular complexity index is 1090. The van der Waals surface area contributed by atoms with Crippen LogP contribution in [0.2, 0.25) is 0 Å². The minimum absolute atomic E-state index is 0.0742. The van der Waals surface area contributed by atoms with Crippen molar-refractivity contribution >= 4 is 28.6 Å². The maximum absolute atomic E-state index is 12.5. The maximum Gasteiger partial charge on any atom is 0.231 e. The highest BCUT2D eigenvalue weighted by Crippen LogP contribution is 2.24. The van der Waals surface area contributed by atoms with Crippen LogP contribution in [0, 0.1) is 6.92 Å². The molecule has 0 aliphatic rings. The summed E-state index contributed by atoms with van der Waals surface area (Å²) in [6.07, 6.45) is 0. The Labute approximate surface area is 173 Å². The standard InChI is InChI=1S/C22H22N4O2S/c1-15(20-12-18-10-6-7-11-19(18)28-20)23-21(27)14-29-22-25-24-16(2)26(22)13-17-8-4-3-5-9-17/h3-12,15H,13-14H2,1-2H3,(H,23,27)/t15-/m0/s1. The second-order valence-electron chi connectivity index (χ2n) is 6.87. The fourth-order valence-corrected chi connectivity index (χ4v) is 3.91. The summed E-state index contributed by atoms with van der Waals surface area (Å²) >= 11 is 1.38. The van der Waals surface area contributed by atoms with Crippen molar-refractivity contribution in [3.05, 3.63) is 77.8 Å². The van der Waals surface area contributed by atoms with Crippen LogP contribution in [0.3, 0.4) is 0 Å². The van der Waals surface area contributed by atoms with Crippen molar-refractivity contribution in [1.82, 2.24) is 20.1 Å². The molecule has 2 aromatic carbocycles. The predicted octanol–water partition coefficient (Wildman–Crippen LogP) is 4.35. The van der Waals surface area contributed by atoms with Gasteiger partial charge in [-0.3, -0.25) is 4.79 Å². The zero-order chi connectivity index (χ0) is 20.2. The first-order chi connectivity index (χ1) is 14.1. The number of amides is 1. The van der Waals surface area contributed by atoms with Crippen molar-refractivity contribution in [3.8, 4) is 0 Å². The lowest BCUT2D eigenvalue weighted by molar-refractivity contribution is -0.119. The molecule has 1 N–H and O–H groups in total. The first-order valence-electron chi connectivity index (χ1n) is 9.44. The van der Waals surface area contributed by atoms with Gasteiger partial charge in [0.15, 0.2) is 5.16 Å². The number of hydrogen-bond acceptors (Lipinski definition) is 5. The van der Waals surface area contributed by atoms with Crippen molar-refractivity contribution in [2.24, 2.45) is 0 Å². The van der Waals surface area contributed by atoms with Gasteiger partial charge in [-0.2, -0.15) is 0 Å². The monoisotopic (exact) mass is 406 g/mol. The van der Waals surface area contributed by atoms with E-state index in [-0.39, 0.29) is 17.7 Å². The lowest BCUT2D eigenvalue weighted by atomic mass is 10.2. The summed E-state index contributed by atoms with van der Waals surface area (Å²) in [5.41, 5.74) is 1.99. The van der Waals surface area contributed by atoms with Gasteiger partial charge in [0.25, 0.3) is 0 Å². The molecule has 29 heavy (non-hydrogen) atoms. The molecule has 0 saturated carbocycles. The Morgan fingerprint density at radius 3 is 2.69 bits per heavy atom. The highest BCUT2D eigenvalue weighted by molar-refractivity contribution is 7.99. The number of aryl methyl sites for hydroxylation is 1. The van der Waals surface area contributed by atoms with Crippen molar-refractivity contribution < 1.29 is 9.21 Å². The van der Waals surface area contributed by atoms with Crippen molar-refractivity contribution in [3.63, 3.8) is 0 Å². The lowest BCUT2D eigenvalue weighted by Gasteiger charge is -2.12. The predicted molar refractivity (Wildman–Crippen MR) is 114 cm³/mol. The number of rotatable bonds is 7. The SMILES string of the molecule is Cc1nnc(SCC(=O)N[C@@H](C)c2cc3ccccc3o2)n1Cc1ccccc1. The van der Waals surface area contributed by atoms with Crippen molar-refractivity contribution in [2.75, 3.05) is 5.75 Å². The fraction of sp³-hybridized carbons (Fsp3) is 0.227. The van der Waals surface area contributed by atoms with Crippen LogP contribution in [0.1, 0.15) is 30.1 Å². The summed E-state index contributed by atoms with van der Waals surface area (Å²) in [5.74, 6) is 1.76. The largest absolute Gasteiger partial charge is 0.459 e. The molecule has 0 spiro atoms. The van der Waals surface area contributed by atoms with Crippen LogP contribution in [-0.2, 0) is 11.3 Å². The Kier molecular flexibility index (Phi) is 5.67. The van der Waals surface area contributed by atoms with Crippen LogP contribution in [0.15, 0.2) is 70.2 Å². The molecule has 0 aliphatic heterocycles. The molecule has 4 aromatic rings. The number of nitrogens with zero attached hydrogens (tertiary/aromatic N) is 3. The average molecular weight is 407 g/mol. The highest BCUT2D eigenvalue weighted by atomic mass is 32.2. The number of nitrogens with one attached hydrogen (secondary N) is 1. The minimum Gasteiger partial charge on any atom is -0.459 e. The van der Waals surface area contributed by atoms with Gasteiger partial charge >= 0.3 is 0 Å². The molecule has 148 valence electrons. The van der Waals surface area contributed by atoms with E-state index in [1.54, 1.807) is 0 Å². The highest BCUT2D eigenvalue weighted by Gasteiger charge is 2.16. The van der Waals surface area contributed by atoms with Gasteiger partial charge in [-0.25, -0.2) is 0 Å². The van der Waals surface area contributed by atoms with E-state index in [1.165, 1.54) is 17.3 Å². The van der Waals surface area contributed by atoms with Gasteiger partial charge in [0.05, 0.1) is 18.3 Å². The molecule has 0 radical (unpaired) electrons. The van der Waals surface area contributed by atoms with Gasteiger partial charge in [0.2, 0.25) is 5.91 Å². The number of fused-ring (bicyclic) bond motifs is 1. The minimum atomic E-state index is -0.209. The Morgan fingerprint density at radius 1 is 1.14 bits per heavy atom. The van der Waals surface area contributed by atoms with Crippen LogP contribution in [0.5, 0.6) is 0 Å². The third-order valence-electron chi connectivity index (χ3n) is 4.67. The van der Waals surface area contributed by atoms with Crippen molar-refractivity contribution in [1.29, 1.82) is 0 Å². The molecule has 2 aromatic heterocycles. The molecule has 1 atom stereocenters. The molecule has 0 unspecified atom stereocenters. The van der Waals surface area contributed by atoms with Gasteiger partial charge in [-0.05, 0) is 31.5 Å². The van der Waals surface area contributed by atoms with E-state index in [4.69, 9.17) is 4.42 Å². The molecular weight excluding hydrogens is 384 g/mol. The summed E-state index contributed by atoms with van der Waals surface area (Å²) in [4.78, 5) is 12.5. The molecule has 0 aliphatic carbocycles. The Hall–Kier alpha value is -3.06. The second-order valence-corrected chi connectivity index (χ2v) is 7.81. The van der Waals surface area contributed by atoms with Gasteiger partial charge < -0.3 is 14.3 Å². The molecule has 0 fully saturated rings. The van der Waals surface area contributed by atoms with E-state index in [2.05, 4.69) is 27.6 Å². The molecule has 1 amide bonds. The van der Waals surface area contributed by atoms with E-state index >= 15 is 0 Å². The first-order valence-corrected chi connectivity index (χ1v) is 10.4. The number of aromatic nitrogens is 3. The quantitative estimate of drug-likeness (QED) is 0.462. The molecule has 4 rings (SSSR count). The molecule has 6 nitrogen and oxygen atoms in total.